The summed E-state index contributed by atoms with van der Waals surface area (Å²) in [7, 11) is 0. The average Bonchev–Trinajstić information content (AvgIpc) is 2.67. The third-order valence-electron chi connectivity index (χ3n) is 2.20. The molecule has 0 spiro atoms. The minimum absolute atomic E-state index is 0.383. The van der Waals surface area contributed by atoms with E-state index in [9.17, 15) is 4.79 Å². The van der Waals surface area contributed by atoms with E-state index in [1.165, 1.54) is 0 Å². The lowest BCUT2D eigenvalue weighted by Crippen LogP contribution is -2.00. The minimum atomic E-state index is 0.383. The molecule has 0 saturated heterocycles. The van der Waals surface area contributed by atoms with Crippen LogP contribution in [0.15, 0.2) is 0 Å². The van der Waals surface area contributed by atoms with Crippen molar-refractivity contribution in [2.24, 2.45) is 11.8 Å². The molecule has 11 heavy (non-hydrogen) atoms. The zero-order valence-corrected chi connectivity index (χ0v) is 7.18. The van der Waals surface area contributed by atoms with Gasteiger partial charge in [0.25, 0.3) is 0 Å². The van der Waals surface area contributed by atoms with Gasteiger partial charge in [0.15, 0.2) is 0 Å². The molecule has 0 bridgehead atoms. The highest BCUT2D eigenvalue weighted by Crippen LogP contribution is 2.39. The number of rotatable bonds is 3. The smallest absolute Gasteiger partial charge is 0.137 e. The zero-order chi connectivity index (χ0) is 8.27. The van der Waals surface area contributed by atoms with E-state index in [1.807, 2.05) is 6.92 Å². The highest BCUT2D eigenvalue weighted by molar-refractivity contribution is 5.83. The largest absolute Gasteiger partial charge is 0.299 e. The molecule has 0 heterocycles. The van der Waals surface area contributed by atoms with Crippen LogP contribution in [0.2, 0.25) is 0 Å². The maximum Gasteiger partial charge on any atom is 0.137 e. The third kappa shape index (κ3) is 2.38. The second-order valence-corrected chi connectivity index (χ2v) is 3.21. The third-order valence-corrected chi connectivity index (χ3v) is 2.20. The Morgan fingerprint density at radius 3 is 2.73 bits per heavy atom. The van der Waals surface area contributed by atoms with Crippen molar-refractivity contribution in [2.45, 2.75) is 33.1 Å². The minimum Gasteiger partial charge on any atom is -0.299 e. The summed E-state index contributed by atoms with van der Waals surface area (Å²) in [5.41, 5.74) is 0. The summed E-state index contributed by atoms with van der Waals surface area (Å²) >= 11 is 0. The van der Waals surface area contributed by atoms with E-state index in [4.69, 9.17) is 0 Å². The molecule has 1 saturated carbocycles. The lowest BCUT2D eigenvalue weighted by molar-refractivity contribution is -0.120. The monoisotopic (exact) mass is 150 g/mol. The number of carbonyl (C=O) groups is 1. The number of Topliss-reactive ketones (excluding diaryl/α,β-unsaturated/α-hetero) is 1. The molecule has 1 fully saturated rings. The van der Waals surface area contributed by atoms with Gasteiger partial charge in [-0.2, -0.15) is 0 Å². The second-order valence-electron chi connectivity index (χ2n) is 3.21. The molecule has 1 heteroatoms. The predicted molar refractivity (Wildman–Crippen MR) is 45.0 cm³/mol. The van der Waals surface area contributed by atoms with Crippen molar-refractivity contribution in [1.29, 1.82) is 0 Å². The van der Waals surface area contributed by atoms with Crippen molar-refractivity contribution >= 4 is 5.78 Å². The first kappa shape index (κ1) is 8.33. The molecule has 1 nitrogen and oxygen atoms in total. The molecular weight excluding hydrogens is 136 g/mol. The van der Waals surface area contributed by atoms with Crippen LogP contribution in [-0.2, 0) is 4.79 Å². The van der Waals surface area contributed by atoms with E-state index in [-0.39, 0.29) is 0 Å². The fourth-order valence-corrected chi connectivity index (χ4v) is 1.27. The Bertz CT molecular complexity index is 207. The van der Waals surface area contributed by atoms with Crippen LogP contribution in [-0.4, -0.2) is 5.78 Å². The van der Waals surface area contributed by atoms with E-state index >= 15 is 0 Å². The molecule has 2 unspecified atom stereocenters. The van der Waals surface area contributed by atoms with E-state index in [0.717, 1.165) is 12.8 Å². The topological polar surface area (TPSA) is 17.1 Å². The van der Waals surface area contributed by atoms with E-state index in [2.05, 4.69) is 18.8 Å². The van der Waals surface area contributed by atoms with Crippen molar-refractivity contribution in [3.8, 4) is 11.8 Å². The van der Waals surface area contributed by atoms with Crippen molar-refractivity contribution in [3.63, 3.8) is 0 Å². The first-order chi connectivity index (χ1) is 5.25. The Kier molecular flexibility index (Phi) is 2.70. The summed E-state index contributed by atoms with van der Waals surface area (Å²) in [5, 5.41) is 0. The molecule has 60 valence electrons. The fourth-order valence-electron chi connectivity index (χ4n) is 1.27. The predicted octanol–water partition coefficient (Wildman–Crippen LogP) is 2.02. The van der Waals surface area contributed by atoms with Gasteiger partial charge >= 0.3 is 0 Å². The van der Waals surface area contributed by atoms with E-state index in [0.29, 0.717) is 24.0 Å². The van der Waals surface area contributed by atoms with Gasteiger partial charge in [-0.1, -0.05) is 6.92 Å². The number of hydrogen-bond donors (Lipinski definition) is 0. The molecule has 0 aromatic carbocycles. The van der Waals surface area contributed by atoms with Crippen LogP contribution >= 0.6 is 0 Å². The molecule has 0 N–H and O–H groups in total. The van der Waals surface area contributed by atoms with Crippen LogP contribution in [0, 0.1) is 23.7 Å². The molecule has 2 atom stereocenters. The van der Waals surface area contributed by atoms with Crippen molar-refractivity contribution < 1.29 is 4.79 Å². The van der Waals surface area contributed by atoms with Gasteiger partial charge in [-0.05, 0) is 19.3 Å². The van der Waals surface area contributed by atoms with Crippen LogP contribution in [0.25, 0.3) is 0 Å². The number of hydrogen-bond acceptors (Lipinski definition) is 1. The van der Waals surface area contributed by atoms with Gasteiger partial charge in [-0.3, -0.25) is 4.79 Å². The molecule has 0 aromatic heterocycles. The first-order valence-electron chi connectivity index (χ1n) is 4.18. The van der Waals surface area contributed by atoms with Gasteiger partial charge in [0.05, 0.1) is 0 Å². The van der Waals surface area contributed by atoms with Gasteiger partial charge in [0.2, 0.25) is 0 Å². The van der Waals surface area contributed by atoms with Gasteiger partial charge in [0, 0.05) is 18.8 Å². The van der Waals surface area contributed by atoms with E-state index < -0.39 is 0 Å². The lowest BCUT2D eigenvalue weighted by atomic mass is 10.1. The Labute approximate surface area is 68.2 Å². The van der Waals surface area contributed by atoms with Crippen molar-refractivity contribution in [3.05, 3.63) is 0 Å². The normalized spacial score (nSPS) is 27.1. The van der Waals surface area contributed by atoms with Crippen LogP contribution < -0.4 is 0 Å². The summed E-state index contributed by atoms with van der Waals surface area (Å²) in [6, 6.07) is 0. The SMILES string of the molecule is CC#CCCC(=O)C1CC1C. The summed E-state index contributed by atoms with van der Waals surface area (Å²) in [4.78, 5) is 11.2. The highest BCUT2D eigenvalue weighted by atomic mass is 16.1. The summed E-state index contributed by atoms with van der Waals surface area (Å²) in [6.45, 7) is 3.94. The molecular formula is C10H14O. The maximum absolute atomic E-state index is 11.2. The van der Waals surface area contributed by atoms with Crippen LogP contribution in [0.3, 0.4) is 0 Å². The number of carbonyl (C=O) groups excluding carboxylic acids is 1. The summed E-state index contributed by atoms with van der Waals surface area (Å²) in [5.74, 6) is 7.15. The Morgan fingerprint density at radius 1 is 1.64 bits per heavy atom. The maximum atomic E-state index is 11.2. The lowest BCUT2D eigenvalue weighted by Gasteiger charge is -1.92. The Balaban J connectivity index is 2.15. The molecule has 0 amide bonds. The van der Waals surface area contributed by atoms with E-state index in [1.54, 1.807) is 0 Å². The second kappa shape index (κ2) is 3.57. The molecule has 1 aliphatic carbocycles. The van der Waals surface area contributed by atoms with Crippen molar-refractivity contribution in [1.82, 2.24) is 0 Å². The highest BCUT2D eigenvalue weighted by Gasteiger charge is 2.37. The average molecular weight is 150 g/mol. The summed E-state index contributed by atoms with van der Waals surface area (Å²) in [6.07, 6.45) is 2.52. The Hall–Kier alpha value is -0.770. The number of ketones is 1. The quantitative estimate of drug-likeness (QED) is 0.562. The van der Waals surface area contributed by atoms with Crippen molar-refractivity contribution in [2.75, 3.05) is 0 Å². The summed E-state index contributed by atoms with van der Waals surface area (Å²) < 4.78 is 0. The first-order valence-corrected chi connectivity index (χ1v) is 4.18. The Morgan fingerprint density at radius 2 is 2.27 bits per heavy atom. The van der Waals surface area contributed by atoms with Crippen LogP contribution in [0.5, 0.6) is 0 Å². The van der Waals surface area contributed by atoms with Gasteiger partial charge < -0.3 is 0 Å². The molecule has 1 aliphatic rings. The van der Waals surface area contributed by atoms with Gasteiger partial charge in [-0.25, -0.2) is 0 Å². The van der Waals surface area contributed by atoms with Crippen LogP contribution in [0.4, 0.5) is 0 Å². The molecule has 0 aromatic rings. The molecule has 0 radical (unpaired) electrons. The van der Waals surface area contributed by atoms with Gasteiger partial charge in [-0.15, -0.1) is 11.8 Å². The van der Waals surface area contributed by atoms with Crippen LogP contribution in [0.1, 0.15) is 33.1 Å². The standard InChI is InChI=1S/C10H14O/c1-3-4-5-6-10(11)9-7-8(9)2/h8-9H,5-7H2,1-2H3. The molecule has 0 aliphatic heterocycles. The molecule has 1 rings (SSSR count). The zero-order valence-electron chi connectivity index (χ0n) is 7.18. The van der Waals surface area contributed by atoms with Gasteiger partial charge in [0.1, 0.15) is 5.78 Å². The fraction of sp³-hybridized carbons (Fsp3) is 0.700.